The van der Waals surface area contributed by atoms with Gasteiger partial charge in [0, 0.05) is 25.7 Å². The Kier molecular flexibility index (Phi) is 5.20. The van der Waals surface area contributed by atoms with Crippen LogP contribution in [0.5, 0.6) is 0 Å². The van der Waals surface area contributed by atoms with Crippen molar-refractivity contribution >= 4 is 17.5 Å². The lowest BCUT2D eigenvalue weighted by Crippen LogP contribution is -2.51. The molecule has 0 saturated carbocycles. The molecule has 1 unspecified atom stereocenters. The summed E-state index contributed by atoms with van der Waals surface area (Å²) in [5, 5.41) is 2.65. The highest BCUT2D eigenvalue weighted by molar-refractivity contribution is 5.87. The van der Waals surface area contributed by atoms with Crippen LogP contribution in [0.4, 0.5) is 5.69 Å². The number of likely N-dealkylation sites (N-methyl/N-ethyl adjacent to an activating group) is 1. The van der Waals surface area contributed by atoms with E-state index in [9.17, 15) is 9.59 Å². The third-order valence-electron chi connectivity index (χ3n) is 4.04. The van der Waals surface area contributed by atoms with Crippen molar-refractivity contribution in [1.82, 2.24) is 10.2 Å². The number of piperidine rings is 1. The van der Waals surface area contributed by atoms with Crippen molar-refractivity contribution in [3.05, 3.63) is 29.8 Å². The van der Waals surface area contributed by atoms with Crippen LogP contribution < -0.4 is 11.1 Å². The largest absolute Gasteiger partial charge is 0.399 e. The third kappa shape index (κ3) is 3.74. The topological polar surface area (TPSA) is 75.4 Å². The molecule has 114 valence electrons. The van der Waals surface area contributed by atoms with Gasteiger partial charge in [0.15, 0.2) is 0 Å². The van der Waals surface area contributed by atoms with Crippen LogP contribution >= 0.6 is 0 Å². The number of para-hydroxylation sites is 1. The SMILES string of the molecule is CNC(=O)C1CCCCN1C(=O)CCc1ccccc1N. The van der Waals surface area contributed by atoms with Gasteiger partial charge in [-0.15, -0.1) is 0 Å². The van der Waals surface area contributed by atoms with Crippen LogP contribution in [-0.2, 0) is 16.0 Å². The van der Waals surface area contributed by atoms with Gasteiger partial charge in [-0.2, -0.15) is 0 Å². The number of aryl methyl sites for hydroxylation is 1. The van der Waals surface area contributed by atoms with E-state index in [0.717, 1.165) is 24.8 Å². The zero-order valence-corrected chi connectivity index (χ0v) is 12.5. The number of hydrogen-bond donors (Lipinski definition) is 2. The number of amides is 2. The van der Waals surface area contributed by atoms with Crippen molar-refractivity contribution in [1.29, 1.82) is 0 Å². The Morgan fingerprint density at radius 1 is 1.33 bits per heavy atom. The second kappa shape index (κ2) is 7.11. The van der Waals surface area contributed by atoms with Gasteiger partial charge >= 0.3 is 0 Å². The molecule has 1 heterocycles. The highest BCUT2D eigenvalue weighted by atomic mass is 16.2. The molecule has 1 fully saturated rings. The van der Waals surface area contributed by atoms with E-state index in [0.29, 0.717) is 25.1 Å². The van der Waals surface area contributed by atoms with Crippen LogP contribution in [0.1, 0.15) is 31.2 Å². The second-order valence-electron chi connectivity index (χ2n) is 5.41. The molecule has 1 saturated heterocycles. The Bertz CT molecular complexity index is 516. The standard InChI is InChI=1S/C16H23N3O2/c1-18-16(21)14-8-4-5-11-19(14)15(20)10-9-12-6-2-3-7-13(12)17/h2-3,6-7,14H,4-5,8-11,17H2,1H3,(H,18,21). The number of anilines is 1. The lowest BCUT2D eigenvalue weighted by atomic mass is 10.00. The molecule has 0 bridgehead atoms. The molecule has 21 heavy (non-hydrogen) atoms. The Morgan fingerprint density at radius 2 is 2.10 bits per heavy atom. The van der Waals surface area contributed by atoms with Gasteiger partial charge in [0.05, 0.1) is 0 Å². The minimum atomic E-state index is -0.315. The molecule has 2 rings (SSSR count). The summed E-state index contributed by atoms with van der Waals surface area (Å²) >= 11 is 0. The number of likely N-dealkylation sites (tertiary alicyclic amines) is 1. The smallest absolute Gasteiger partial charge is 0.242 e. The van der Waals surface area contributed by atoms with Crippen molar-refractivity contribution in [3.8, 4) is 0 Å². The summed E-state index contributed by atoms with van der Waals surface area (Å²) < 4.78 is 0. The summed E-state index contributed by atoms with van der Waals surface area (Å²) in [6.45, 7) is 0.668. The van der Waals surface area contributed by atoms with Crippen molar-refractivity contribution in [2.45, 2.75) is 38.1 Å². The average molecular weight is 289 g/mol. The molecule has 1 aromatic carbocycles. The van der Waals surface area contributed by atoms with E-state index in [-0.39, 0.29) is 17.9 Å². The highest BCUT2D eigenvalue weighted by Crippen LogP contribution is 2.20. The first-order valence-corrected chi connectivity index (χ1v) is 7.48. The van der Waals surface area contributed by atoms with Gasteiger partial charge in [0.2, 0.25) is 11.8 Å². The molecule has 0 aromatic heterocycles. The van der Waals surface area contributed by atoms with Crippen molar-refractivity contribution in [3.63, 3.8) is 0 Å². The number of hydrogen-bond acceptors (Lipinski definition) is 3. The molecule has 5 nitrogen and oxygen atoms in total. The minimum Gasteiger partial charge on any atom is -0.399 e. The Labute approximate surface area is 125 Å². The van der Waals surface area contributed by atoms with Crippen LogP contribution in [0.25, 0.3) is 0 Å². The molecule has 1 aliphatic heterocycles. The number of nitrogen functional groups attached to an aromatic ring is 1. The van der Waals surface area contributed by atoms with Crippen LogP contribution in [-0.4, -0.2) is 36.3 Å². The molecule has 0 radical (unpaired) electrons. The lowest BCUT2D eigenvalue weighted by molar-refractivity contribution is -0.142. The maximum absolute atomic E-state index is 12.4. The molecule has 1 aliphatic rings. The predicted molar refractivity (Wildman–Crippen MR) is 82.6 cm³/mol. The van der Waals surface area contributed by atoms with E-state index in [1.807, 2.05) is 24.3 Å². The van der Waals surface area contributed by atoms with E-state index >= 15 is 0 Å². The van der Waals surface area contributed by atoms with Gasteiger partial charge in [-0.05, 0) is 37.3 Å². The normalized spacial score (nSPS) is 18.3. The third-order valence-corrected chi connectivity index (χ3v) is 4.04. The first kappa shape index (κ1) is 15.4. The number of carbonyl (C=O) groups excluding carboxylic acids is 2. The van der Waals surface area contributed by atoms with E-state index in [1.165, 1.54) is 0 Å². The molecule has 1 aromatic rings. The van der Waals surface area contributed by atoms with E-state index in [2.05, 4.69) is 5.32 Å². The summed E-state index contributed by atoms with van der Waals surface area (Å²) in [4.78, 5) is 26.0. The first-order chi connectivity index (χ1) is 10.1. The maximum Gasteiger partial charge on any atom is 0.242 e. The number of nitrogens with one attached hydrogen (secondary N) is 1. The summed E-state index contributed by atoms with van der Waals surface area (Å²) in [5.41, 5.74) is 7.59. The molecule has 0 aliphatic carbocycles. The number of nitrogens with two attached hydrogens (primary N) is 1. The molecular formula is C16H23N3O2. The Balaban J connectivity index is 1.98. The zero-order chi connectivity index (χ0) is 15.2. The van der Waals surface area contributed by atoms with Gasteiger partial charge in [0.25, 0.3) is 0 Å². The quantitative estimate of drug-likeness (QED) is 0.821. The van der Waals surface area contributed by atoms with E-state index in [4.69, 9.17) is 5.73 Å². The fourth-order valence-corrected chi connectivity index (χ4v) is 2.82. The fourth-order valence-electron chi connectivity index (χ4n) is 2.82. The lowest BCUT2D eigenvalue weighted by Gasteiger charge is -2.34. The highest BCUT2D eigenvalue weighted by Gasteiger charge is 2.31. The minimum absolute atomic E-state index is 0.0338. The zero-order valence-electron chi connectivity index (χ0n) is 12.5. The summed E-state index contributed by atoms with van der Waals surface area (Å²) in [7, 11) is 1.62. The predicted octanol–water partition coefficient (Wildman–Crippen LogP) is 1.33. The molecule has 0 spiro atoms. The van der Waals surface area contributed by atoms with Gasteiger partial charge in [-0.1, -0.05) is 18.2 Å². The summed E-state index contributed by atoms with van der Waals surface area (Å²) in [6.07, 6.45) is 3.71. The molecular weight excluding hydrogens is 266 g/mol. The van der Waals surface area contributed by atoms with Gasteiger partial charge in [-0.25, -0.2) is 0 Å². The van der Waals surface area contributed by atoms with Gasteiger partial charge in [0.1, 0.15) is 6.04 Å². The van der Waals surface area contributed by atoms with Crippen LogP contribution in [0.15, 0.2) is 24.3 Å². The number of carbonyl (C=O) groups is 2. The Morgan fingerprint density at radius 3 is 2.81 bits per heavy atom. The van der Waals surface area contributed by atoms with Crippen LogP contribution in [0.2, 0.25) is 0 Å². The molecule has 2 amide bonds. The van der Waals surface area contributed by atoms with Gasteiger partial charge < -0.3 is 16.0 Å². The molecule has 1 atom stereocenters. The van der Waals surface area contributed by atoms with Crippen molar-refractivity contribution in [2.24, 2.45) is 0 Å². The number of nitrogens with zero attached hydrogens (tertiary/aromatic N) is 1. The second-order valence-corrected chi connectivity index (χ2v) is 5.41. The van der Waals surface area contributed by atoms with Crippen molar-refractivity contribution in [2.75, 3.05) is 19.3 Å². The molecule has 3 N–H and O–H groups in total. The Hall–Kier alpha value is -2.04. The van der Waals surface area contributed by atoms with Crippen LogP contribution in [0.3, 0.4) is 0 Å². The van der Waals surface area contributed by atoms with Crippen LogP contribution in [0, 0.1) is 0 Å². The van der Waals surface area contributed by atoms with Gasteiger partial charge in [-0.3, -0.25) is 9.59 Å². The van der Waals surface area contributed by atoms with Crippen molar-refractivity contribution < 1.29 is 9.59 Å². The fraction of sp³-hybridized carbons (Fsp3) is 0.500. The van der Waals surface area contributed by atoms with E-state index < -0.39 is 0 Å². The first-order valence-electron chi connectivity index (χ1n) is 7.48. The summed E-state index contributed by atoms with van der Waals surface area (Å²) in [6, 6.07) is 7.27. The van der Waals surface area contributed by atoms with E-state index in [1.54, 1.807) is 11.9 Å². The average Bonchev–Trinajstić information content (AvgIpc) is 2.53. The maximum atomic E-state index is 12.4. The number of benzene rings is 1. The molecule has 5 heteroatoms. The monoisotopic (exact) mass is 289 g/mol. The number of rotatable bonds is 4. The summed E-state index contributed by atoms with van der Waals surface area (Å²) in [5.74, 6) is -0.0335.